The second-order valence-electron chi connectivity index (χ2n) is 7.63. The first kappa shape index (κ1) is 22.4. The Morgan fingerprint density at radius 1 is 1.14 bits per heavy atom. The highest BCUT2D eigenvalue weighted by Gasteiger charge is 2.17. The third-order valence-corrected chi connectivity index (χ3v) is 6.86. The molecule has 8 heteroatoms. The topological polar surface area (TPSA) is 83.4 Å². The Bertz CT molecular complexity index is 895. The van der Waals surface area contributed by atoms with Gasteiger partial charge in [-0.1, -0.05) is 32.9 Å². The molecule has 0 unspecified atom stereocenters. The fourth-order valence-corrected chi connectivity index (χ4v) is 4.44. The highest BCUT2D eigenvalue weighted by molar-refractivity contribution is 7.91. The molecule has 0 saturated heterocycles. The molecule has 0 aliphatic heterocycles. The van der Waals surface area contributed by atoms with Crippen LogP contribution in [0.25, 0.3) is 0 Å². The Morgan fingerprint density at radius 2 is 1.79 bits per heavy atom. The van der Waals surface area contributed by atoms with Gasteiger partial charge in [0.2, 0.25) is 0 Å². The SMILES string of the molecule is CN=C(NCCc1csc(C)n1)NCCS(=O)(=O)c1ccc(C(C)(C)C)cc1. The minimum atomic E-state index is -3.34. The second kappa shape index (κ2) is 9.52. The molecule has 0 atom stereocenters. The van der Waals surface area contributed by atoms with Crippen molar-refractivity contribution < 1.29 is 8.42 Å². The molecule has 2 rings (SSSR count). The quantitative estimate of drug-likeness (QED) is 0.529. The first-order valence-corrected chi connectivity index (χ1v) is 11.8. The Hall–Kier alpha value is -1.93. The average molecular weight is 423 g/mol. The standard InChI is InChI=1S/C20H30N4O2S2/c1-15-24-17(14-27-15)10-11-22-19(21-5)23-12-13-28(25,26)18-8-6-16(7-9-18)20(2,3)4/h6-9,14H,10-13H2,1-5H3,(H2,21,22,23). The molecule has 154 valence electrons. The summed E-state index contributed by atoms with van der Waals surface area (Å²) in [5.74, 6) is 0.596. The Kier molecular flexibility index (Phi) is 7.60. The minimum Gasteiger partial charge on any atom is -0.356 e. The maximum Gasteiger partial charge on any atom is 0.191 e. The van der Waals surface area contributed by atoms with Gasteiger partial charge in [0.05, 0.1) is 21.3 Å². The van der Waals surface area contributed by atoms with Crippen molar-refractivity contribution in [2.75, 3.05) is 25.9 Å². The zero-order chi connectivity index (χ0) is 20.8. The fraction of sp³-hybridized carbons (Fsp3) is 0.500. The van der Waals surface area contributed by atoms with Crippen LogP contribution in [0, 0.1) is 6.92 Å². The molecule has 0 fully saturated rings. The minimum absolute atomic E-state index is 0.000747. The van der Waals surface area contributed by atoms with Crippen molar-refractivity contribution in [3.8, 4) is 0 Å². The van der Waals surface area contributed by atoms with Gasteiger partial charge in [0.15, 0.2) is 15.8 Å². The van der Waals surface area contributed by atoms with Gasteiger partial charge in [-0.05, 0) is 30.0 Å². The summed E-state index contributed by atoms with van der Waals surface area (Å²) in [7, 11) is -1.67. The fourth-order valence-electron chi connectivity index (χ4n) is 2.64. The van der Waals surface area contributed by atoms with Crippen molar-refractivity contribution in [2.45, 2.75) is 44.4 Å². The second-order valence-corrected chi connectivity index (χ2v) is 10.8. The molecule has 1 heterocycles. The largest absolute Gasteiger partial charge is 0.356 e. The predicted octanol–water partition coefficient (Wildman–Crippen LogP) is 2.93. The number of hydrogen-bond acceptors (Lipinski definition) is 5. The number of nitrogens with zero attached hydrogens (tertiary/aromatic N) is 2. The number of hydrogen-bond donors (Lipinski definition) is 2. The van der Waals surface area contributed by atoms with Crippen LogP contribution in [-0.2, 0) is 21.7 Å². The van der Waals surface area contributed by atoms with E-state index in [9.17, 15) is 8.42 Å². The molecule has 0 spiro atoms. The van der Waals surface area contributed by atoms with Crippen LogP contribution in [-0.4, -0.2) is 45.3 Å². The molecule has 0 amide bonds. The lowest BCUT2D eigenvalue weighted by atomic mass is 9.87. The number of sulfone groups is 1. The van der Waals surface area contributed by atoms with Gasteiger partial charge >= 0.3 is 0 Å². The van der Waals surface area contributed by atoms with Crippen molar-refractivity contribution in [2.24, 2.45) is 4.99 Å². The number of rotatable bonds is 7. The number of nitrogens with one attached hydrogen (secondary N) is 2. The summed E-state index contributed by atoms with van der Waals surface area (Å²) in [4.78, 5) is 8.91. The molecule has 2 N–H and O–H groups in total. The first-order valence-electron chi connectivity index (χ1n) is 9.30. The van der Waals surface area contributed by atoms with E-state index in [1.165, 1.54) is 0 Å². The van der Waals surface area contributed by atoms with E-state index in [0.717, 1.165) is 22.7 Å². The number of benzene rings is 1. The van der Waals surface area contributed by atoms with Crippen LogP contribution in [0.15, 0.2) is 39.5 Å². The van der Waals surface area contributed by atoms with Crippen LogP contribution in [0.5, 0.6) is 0 Å². The molecule has 0 aliphatic rings. The number of aliphatic imine (C=N–C) groups is 1. The zero-order valence-electron chi connectivity index (χ0n) is 17.2. The predicted molar refractivity (Wildman–Crippen MR) is 117 cm³/mol. The number of aromatic nitrogens is 1. The number of aryl methyl sites for hydroxylation is 1. The summed E-state index contributed by atoms with van der Waals surface area (Å²) < 4.78 is 25.1. The van der Waals surface area contributed by atoms with Crippen LogP contribution >= 0.6 is 11.3 Å². The highest BCUT2D eigenvalue weighted by atomic mass is 32.2. The van der Waals surface area contributed by atoms with Gasteiger partial charge in [-0.25, -0.2) is 13.4 Å². The molecule has 6 nitrogen and oxygen atoms in total. The van der Waals surface area contributed by atoms with Crippen LogP contribution in [0.4, 0.5) is 0 Å². The number of guanidine groups is 1. The van der Waals surface area contributed by atoms with E-state index in [4.69, 9.17) is 0 Å². The Labute approximate surface area is 172 Å². The molecular formula is C20H30N4O2S2. The van der Waals surface area contributed by atoms with Crippen LogP contribution < -0.4 is 10.6 Å². The maximum absolute atomic E-state index is 12.6. The van der Waals surface area contributed by atoms with Crippen LogP contribution in [0.2, 0.25) is 0 Å². The van der Waals surface area contributed by atoms with E-state index < -0.39 is 9.84 Å². The van der Waals surface area contributed by atoms with Crippen molar-refractivity contribution in [3.63, 3.8) is 0 Å². The summed E-state index contributed by atoms with van der Waals surface area (Å²) in [6, 6.07) is 7.17. The zero-order valence-corrected chi connectivity index (χ0v) is 18.9. The lowest BCUT2D eigenvalue weighted by Gasteiger charge is -2.19. The third-order valence-electron chi connectivity index (χ3n) is 4.31. The lowest BCUT2D eigenvalue weighted by Crippen LogP contribution is -2.40. The highest BCUT2D eigenvalue weighted by Crippen LogP contribution is 2.23. The van der Waals surface area contributed by atoms with E-state index in [-0.39, 0.29) is 11.2 Å². The van der Waals surface area contributed by atoms with Crippen LogP contribution in [0.3, 0.4) is 0 Å². The first-order chi connectivity index (χ1) is 13.1. The average Bonchev–Trinajstić information content (AvgIpc) is 3.05. The third kappa shape index (κ3) is 6.60. The number of thiazole rings is 1. The molecule has 0 aliphatic carbocycles. The summed E-state index contributed by atoms with van der Waals surface area (Å²) >= 11 is 1.63. The smallest absolute Gasteiger partial charge is 0.191 e. The molecule has 28 heavy (non-hydrogen) atoms. The van der Waals surface area contributed by atoms with Crippen molar-refractivity contribution >= 4 is 27.1 Å². The van der Waals surface area contributed by atoms with E-state index in [1.54, 1.807) is 30.5 Å². The summed E-state index contributed by atoms with van der Waals surface area (Å²) in [6.07, 6.45) is 0.795. The van der Waals surface area contributed by atoms with Crippen molar-refractivity contribution in [3.05, 3.63) is 45.9 Å². The Morgan fingerprint density at radius 3 is 2.32 bits per heavy atom. The molecular weight excluding hydrogens is 392 g/mol. The molecule has 1 aromatic carbocycles. The maximum atomic E-state index is 12.6. The molecule has 0 bridgehead atoms. The van der Waals surface area contributed by atoms with E-state index >= 15 is 0 Å². The van der Waals surface area contributed by atoms with Gasteiger partial charge in [0.25, 0.3) is 0 Å². The Balaban J connectivity index is 1.82. The van der Waals surface area contributed by atoms with Gasteiger partial charge in [0.1, 0.15) is 0 Å². The molecule has 2 aromatic rings. The monoisotopic (exact) mass is 422 g/mol. The van der Waals surface area contributed by atoms with E-state index in [0.29, 0.717) is 23.9 Å². The normalized spacial score (nSPS) is 12.8. The molecule has 0 saturated carbocycles. The summed E-state index contributed by atoms with van der Waals surface area (Å²) in [5, 5.41) is 9.35. The summed E-state index contributed by atoms with van der Waals surface area (Å²) in [5.41, 5.74) is 2.16. The summed E-state index contributed by atoms with van der Waals surface area (Å²) in [6.45, 7) is 9.28. The van der Waals surface area contributed by atoms with Crippen molar-refractivity contribution in [1.29, 1.82) is 0 Å². The van der Waals surface area contributed by atoms with E-state index in [2.05, 4.69) is 41.4 Å². The van der Waals surface area contributed by atoms with Gasteiger partial charge < -0.3 is 10.6 Å². The molecule has 0 radical (unpaired) electrons. The van der Waals surface area contributed by atoms with E-state index in [1.807, 2.05) is 24.4 Å². The van der Waals surface area contributed by atoms with Gasteiger partial charge in [-0.2, -0.15) is 0 Å². The van der Waals surface area contributed by atoms with Gasteiger partial charge in [-0.3, -0.25) is 4.99 Å². The van der Waals surface area contributed by atoms with Crippen LogP contribution in [0.1, 0.15) is 37.0 Å². The molecule has 1 aromatic heterocycles. The van der Waals surface area contributed by atoms with Crippen molar-refractivity contribution in [1.82, 2.24) is 15.6 Å². The lowest BCUT2D eigenvalue weighted by molar-refractivity contribution is 0.586. The van der Waals surface area contributed by atoms with Gasteiger partial charge in [-0.15, -0.1) is 11.3 Å². The van der Waals surface area contributed by atoms with Gasteiger partial charge in [0, 0.05) is 31.9 Å².